The molecule has 2 atom stereocenters. The number of rotatable bonds is 7. The Morgan fingerprint density at radius 1 is 1.15 bits per heavy atom. The first-order chi connectivity index (χ1) is 9.31. The minimum Gasteiger partial charge on any atom is -0.481 e. The Hall–Kier alpha value is -1.15. The monoisotopic (exact) mass is 306 g/mol. The van der Waals surface area contributed by atoms with Gasteiger partial charge in [-0.05, 0) is 19.3 Å². The molecule has 0 unspecified atom stereocenters. The summed E-state index contributed by atoms with van der Waals surface area (Å²) in [6, 6.07) is 0. The first kappa shape index (κ1) is 16.9. The average Bonchev–Trinajstić information content (AvgIpc) is 2.36. The number of carbonyl (C=O) groups is 2. The van der Waals surface area contributed by atoms with Gasteiger partial charge in [-0.1, -0.05) is 12.8 Å². The Labute approximate surface area is 119 Å². The summed E-state index contributed by atoms with van der Waals surface area (Å²) >= 11 is 0. The highest BCUT2D eigenvalue weighted by atomic mass is 32.2. The highest BCUT2D eigenvalue weighted by Gasteiger charge is 2.35. The molecule has 0 aliphatic heterocycles. The van der Waals surface area contributed by atoms with E-state index in [0.717, 1.165) is 19.1 Å². The maximum atomic E-state index is 12.0. The Kier molecular flexibility index (Phi) is 6.41. The number of nitrogens with one attached hydrogen (secondary N) is 2. The first-order valence-electron chi connectivity index (χ1n) is 6.76. The van der Waals surface area contributed by atoms with E-state index in [4.69, 9.17) is 5.11 Å². The van der Waals surface area contributed by atoms with E-state index in [1.54, 1.807) is 0 Å². The van der Waals surface area contributed by atoms with Crippen molar-refractivity contribution in [3.8, 4) is 0 Å². The second-order valence-corrected chi connectivity index (χ2v) is 6.98. The number of carboxylic acid groups (broad SMARTS) is 1. The van der Waals surface area contributed by atoms with Crippen molar-refractivity contribution >= 4 is 21.9 Å². The van der Waals surface area contributed by atoms with Gasteiger partial charge in [-0.15, -0.1) is 0 Å². The van der Waals surface area contributed by atoms with E-state index in [9.17, 15) is 18.0 Å². The maximum absolute atomic E-state index is 12.0. The van der Waals surface area contributed by atoms with Crippen LogP contribution in [0.2, 0.25) is 0 Å². The predicted molar refractivity (Wildman–Crippen MR) is 73.6 cm³/mol. The molecule has 1 aliphatic carbocycles. The van der Waals surface area contributed by atoms with Crippen molar-refractivity contribution in [2.24, 2.45) is 11.8 Å². The van der Waals surface area contributed by atoms with E-state index in [2.05, 4.69) is 10.0 Å². The zero-order valence-electron chi connectivity index (χ0n) is 11.6. The van der Waals surface area contributed by atoms with Crippen LogP contribution in [-0.2, 0) is 19.6 Å². The fraction of sp³-hybridized carbons (Fsp3) is 0.833. The zero-order chi connectivity index (χ0) is 15.2. The lowest BCUT2D eigenvalue weighted by Gasteiger charge is -2.27. The van der Waals surface area contributed by atoms with Crippen LogP contribution in [0, 0.1) is 11.8 Å². The molecule has 0 aromatic carbocycles. The van der Waals surface area contributed by atoms with Crippen molar-refractivity contribution in [2.75, 3.05) is 19.3 Å². The van der Waals surface area contributed by atoms with Crippen molar-refractivity contribution in [1.29, 1.82) is 0 Å². The predicted octanol–water partition coefficient (Wildman–Crippen LogP) is -0.0671. The van der Waals surface area contributed by atoms with Crippen LogP contribution in [-0.4, -0.2) is 44.7 Å². The summed E-state index contributed by atoms with van der Waals surface area (Å²) < 4.78 is 24.0. The number of carbonyl (C=O) groups excluding carboxylic acids is 1. The van der Waals surface area contributed by atoms with Gasteiger partial charge in [0.25, 0.3) is 0 Å². The molecule has 116 valence electrons. The molecular formula is C12H22N2O5S. The normalized spacial score (nSPS) is 23.2. The standard InChI is InChI=1S/C12H22N2O5S/c1-20(18,19)14-8-4-7-13-11(15)9-5-2-3-6-10(9)12(16)17/h9-10,14H,2-8H2,1H3,(H,13,15)(H,16,17)/t9-,10+/m1/s1. The van der Waals surface area contributed by atoms with Crippen LogP contribution >= 0.6 is 0 Å². The van der Waals surface area contributed by atoms with Crippen LogP contribution < -0.4 is 10.0 Å². The van der Waals surface area contributed by atoms with Crippen LogP contribution in [0.3, 0.4) is 0 Å². The van der Waals surface area contributed by atoms with Gasteiger partial charge in [0, 0.05) is 13.1 Å². The molecule has 0 heterocycles. The summed E-state index contributed by atoms with van der Waals surface area (Å²) in [5.74, 6) is -2.22. The minimum absolute atomic E-state index is 0.239. The van der Waals surface area contributed by atoms with Crippen molar-refractivity contribution in [2.45, 2.75) is 32.1 Å². The van der Waals surface area contributed by atoms with E-state index in [1.807, 2.05) is 0 Å². The highest BCUT2D eigenvalue weighted by molar-refractivity contribution is 7.88. The van der Waals surface area contributed by atoms with Crippen molar-refractivity contribution < 1.29 is 23.1 Å². The summed E-state index contributed by atoms with van der Waals surface area (Å²) in [7, 11) is -3.21. The number of hydrogen-bond acceptors (Lipinski definition) is 4. The lowest BCUT2D eigenvalue weighted by Crippen LogP contribution is -2.40. The largest absolute Gasteiger partial charge is 0.481 e. The molecule has 3 N–H and O–H groups in total. The van der Waals surface area contributed by atoms with E-state index in [0.29, 0.717) is 25.8 Å². The van der Waals surface area contributed by atoms with Crippen molar-refractivity contribution in [1.82, 2.24) is 10.0 Å². The summed E-state index contributed by atoms with van der Waals surface area (Å²) in [5, 5.41) is 11.8. The third kappa shape index (κ3) is 5.87. The van der Waals surface area contributed by atoms with E-state index in [-0.39, 0.29) is 12.5 Å². The van der Waals surface area contributed by atoms with Crippen LogP contribution in [0.5, 0.6) is 0 Å². The molecule has 8 heteroatoms. The fourth-order valence-electron chi connectivity index (χ4n) is 2.43. The van der Waals surface area contributed by atoms with Gasteiger partial charge in [0.05, 0.1) is 18.1 Å². The molecule has 0 aromatic rings. The molecule has 7 nitrogen and oxygen atoms in total. The van der Waals surface area contributed by atoms with Gasteiger partial charge in [-0.25, -0.2) is 13.1 Å². The Balaban J connectivity index is 2.32. The van der Waals surface area contributed by atoms with Gasteiger partial charge in [0.1, 0.15) is 0 Å². The molecule has 1 aliphatic rings. The summed E-state index contributed by atoms with van der Waals surface area (Å²) in [6.07, 6.45) is 4.41. The fourth-order valence-corrected chi connectivity index (χ4v) is 2.94. The summed E-state index contributed by atoms with van der Waals surface area (Å²) in [5.41, 5.74) is 0. The molecular weight excluding hydrogens is 284 g/mol. The number of hydrogen-bond donors (Lipinski definition) is 3. The van der Waals surface area contributed by atoms with Gasteiger partial charge < -0.3 is 10.4 Å². The topological polar surface area (TPSA) is 113 Å². The molecule has 0 aromatic heterocycles. The van der Waals surface area contributed by atoms with Gasteiger partial charge >= 0.3 is 5.97 Å². The van der Waals surface area contributed by atoms with Crippen LogP contribution in [0.1, 0.15) is 32.1 Å². The number of sulfonamides is 1. The van der Waals surface area contributed by atoms with E-state index in [1.165, 1.54) is 0 Å². The van der Waals surface area contributed by atoms with Gasteiger partial charge in [0.2, 0.25) is 15.9 Å². The molecule has 1 saturated carbocycles. The van der Waals surface area contributed by atoms with Crippen molar-refractivity contribution in [3.63, 3.8) is 0 Å². The molecule has 0 bridgehead atoms. The molecule has 1 rings (SSSR count). The smallest absolute Gasteiger partial charge is 0.307 e. The van der Waals surface area contributed by atoms with Crippen LogP contribution in [0.4, 0.5) is 0 Å². The van der Waals surface area contributed by atoms with Gasteiger partial charge in [-0.2, -0.15) is 0 Å². The second kappa shape index (κ2) is 7.58. The summed E-state index contributed by atoms with van der Waals surface area (Å²) in [6.45, 7) is 0.594. The van der Waals surface area contributed by atoms with Crippen molar-refractivity contribution in [3.05, 3.63) is 0 Å². The SMILES string of the molecule is CS(=O)(=O)NCCCNC(=O)[C@@H]1CCCC[C@@H]1C(=O)O. The third-order valence-corrected chi connectivity index (χ3v) is 4.17. The lowest BCUT2D eigenvalue weighted by atomic mass is 9.79. The molecule has 0 saturated heterocycles. The van der Waals surface area contributed by atoms with Gasteiger partial charge in [-0.3, -0.25) is 9.59 Å². The minimum atomic E-state index is -3.21. The number of carboxylic acids is 1. The zero-order valence-corrected chi connectivity index (χ0v) is 12.4. The molecule has 20 heavy (non-hydrogen) atoms. The van der Waals surface area contributed by atoms with E-state index >= 15 is 0 Å². The summed E-state index contributed by atoms with van der Waals surface area (Å²) in [4.78, 5) is 23.1. The van der Waals surface area contributed by atoms with Crippen LogP contribution in [0.25, 0.3) is 0 Å². The average molecular weight is 306 g/mol. The quantitative estimate of drug-likeness (QED) is 0.570. The molecule has 0 spiro atoms. The molecule has 0 radical (unpaired) electrons. The lowest BCUT2D eigenvalue weighted by molar-refractivity contribution is -0.148. The third-order valence-electron chi connectivity index (χ3n) is 3.44. The Morgan fingerprint density at radius 3 is 2.30 bits per heavy atom. The van der Waals surface area contributed by atoms with Gasteiger partial charge in [0.15, 0.2) is 0 Å². The highest BCUT2D eigenvalue weighted by Crippen LogP contribution is 2.30. The first-order valence-corrected chi connectivity index (χ1v) is 8.65. The Bertz CT molecular complexity index is 449. The Morgan fingerprint density at radius 2 is 1.75 bits per heavy atom. The van der Waals surface area contributed by atoms with E-state index < -0.39 is 27.8 Å². The maximum Gasteiger partial charge on any atom is 0.307 e. The molecule has 1 fully saturated rings. The number of amides is 1. The second-order valence-electron chi connectivity index (χ2n) is 5.15. The molecule has 1 amide bonds. The van der Waals surface area contributed by atoms with Crippen LogP contribution in [0.15, 0.2) is 0 Å². The number of aliphatic carboxylic acids is 1.